The molecule has 1 N–H and O–H groups in total. The smallest absolute Gasteiger partial charge is 0.341 e. The predicted octanol–water partition coefficient (Wildman–Crippen LogP) is 6.04. The van der Waals surface area contributed by atoms with Crippen LogP contribution in [0.4, 0.5) is 5.00 Å². The molecule has 3 aromatic rings. The maximum atomic E-state index is 12.7. The second-order valence-electron chi connectivity index (χ2n) is 6.72. The molecule has 0 unspecified atom stereocenters. The standard InChI is InChI=1S/C23H22ClNO3S/c1-4-28-23(27)21-19(17-8-5-14(2)15(3)11-17)13-29-22(21)25-20(26)12-16-6-9-18(24)10-7-16/h5-11,13H,4,12H2,1-3H3,(H,25,26). The van der Waals surface area contributed by atoms with E-state index >= 15 is 0 Å². The number of anilines is 1. The molecule has 29 heavy (non-hydrogen) atoms. The number of carbonyl (C=O) groups is 2. The molecule has 150 valence electrons. The van der Waals surface area contributed by atoms with Crippen LogP contribution in [0.2, 0.25) is 5.02 Å². The highest BCUT2D eigenvalue weighted by Gasteiger charge is 2.23. The Morgan fingerprint density at radius 3 is 2.45 bits per heavy atom. The van der Waals surface area contributed by atoms with Gasteiger partial charge in [0, 0.05) is 16.0 Å². The van der Waals surface area contributed by atoms with Crippen molar-refractivity contribution in [1.82, 2.24) is 0 Å². The van der Waals surface area contributed by atoms with Gasteiger partial charge in [-0.25, -0.2) is 4.79 Å². The van der Waals surface area contributed by atoms with E-state index in [2.05, 4.69) is 5.32 Å². The van der Waals surface area contributed by atoms with Crippen molar-refractivity contribution in [3.8, 4) is 11.1 Å². The molecule has 0 aliphatic carbocycles. The lowest BCUT2D eigenvalue weighted by atomic mass is 9.99. The van der Waals surface area contributed by atoms with E-state index in [0.717, 1.165) is 22.3 Å². The van der Waals surface area contributed by atoms with Crippen LogP contribution < -0.4 is 5.32 Å². The lowest BCUT2D eigenvalue weighted by molar-refractivity contribution is -0.115. The summed E-state index contributed by atoms with van der Waals surface area (Å²) in [6, 6.07) is 13.2. The van der Waals surface area contributed by atoms with Crippen LogP contribution in [0.1, 0.15) is 34.0 Å². The van der Waals surface area contributed by atoms with Crippen molar-refractivity contribution in [2.45, 2.75) is 27.2 Å². The van der Waals surface area contributed by atoms with Gasteiger partial charge in [-0.2, -0.15) is 0 Å². The third-order valence-corrected chi connectivity index (χ3v) is 5.77. The predicted molar refractivity (Wildman–Crippen MR) is 119 cm³/mol. The van der Waals surface area contributed by atoms with Crippen LogP contribution in [-0.2, 0) is 16.0 Å². The van der Waals surface area contributed by atoms with E-state index in [1.54, 1.807) is 19.1 Å². The second kappa shape index (κ2) is 9.25. The molecule has 0 fully saturated rings. The molecule has 0 aliphatic heterocycles. The zero-order valence-corrected chi connectivity index (χ0v) is 18.1. The van der Waals surface area contributed by atoms with Crippen molar-refractivity contribution < 1.29 is 14.3 Å². The molecule has 1 amide bonds. The van der Waals surface area contributed by atoms with Crippen LogP contribution in [0.3, 0.4) is 0 Å². The first-order valence-electron chi connectivity index (χ1n) is 9.29. The van der Waals surface area contributed by atoms with Gasteiger partial charge < -0.3 is 10.1 Å². The molecule has 0 bridgehead atoms. The molecule has 6 heteroatoms. The fourth-order valence-corrected chi connectivity index (χ4v) is 4.04. The number of ether oxygens (including phenoxy) is 1. The highest BCUT2D eigenvalue weighted by molar-refractivity contribution is 7.15. The summed E-state index contributed by atoms with van der Waals surface area (Å²) in [5, 5.41) is 5.87. The molecule has 4 nitrogen and oxygen atoms in total. The molecule has 3 rings (SSSR count). The average Bonchev–Trinajstić information content (AvgIpc) is 3.09. The minimum atomic E-state index is -0.441. The fraction of sp³-hybridized carbons (Fsp3) is 0.217. The zero-order valence-electron chi connectivity index (χ0n) is 16.5. The number of hydrogen-bond acceptors (Lipinski definition) is 4. The molecule has 1 aromatic heterocycles. The van der Waals surface area contributed by atoms with Gasteiger partial charge >= 0.3 is 5.97 Å². The van der Waals surface area contributed by atoms with Gasteiger partial charge in [-0.05, 0) is 55.2 Å². The van der Waals surface area contributed by atoms with Crippen molar-refractivity contribution in [3.05, 3.63) is 75.1 Å². The Hall–Kier alpha value is -2.63. The summed E-state index contributed by atoms with van der Waals surface area (Å²) in [5.41, 5.74) is 5.24. The van der Waals surface area contributed by atoms with E-state index in [4.69, 9.17) is 16.3 Å². The number of amides is 1. The number of aryl methyl sites for hydroxylation is 2. The largest absolute Gasteiger partial charge is 0.462 e. The van der Waals surface area contributed by atoms with Crippen LogP contribution in [0, 0.1) is 13.8 Å². The molecule has 0 radical (unpaired) electrons. The lowest BCUT2D eigenvalue weighted by Gasteiger charge is -2.10. The summed E-state index contributed by atoms with van der Waals surface area (Å²) in [6.07, 6.45) is 0.191. The quantitative estimate of drug-likeness (QED) is 0.487. The van der Waals surface area contributed by atoms with E-state index in [1.807, 2.05) is 49.6 Å². The fourth-order valence-electron chi connectivity index (χ4n) is 2.94. The first kappa shape index (κ1) is 21.1. The van der Waals surface area contributed by atoms with Crippen LogP contribution >= 0.6 is 22.9 Å². The molecule has 2 aromatic carbocycles. The monoisotopic (exact) mass is 427 g/mol. The zero-order chi connectivity index (χ0) is 21.0. The van der Waals surface area contributed by atoms with Gasteiger partial charge in [0.25, 0.3) is 0 Å². The van der Waals surface area contributed by atoms with E-state index in [1.165, 1.54) is 16.9 Å². The average molecular weight is 428 g/mol. The number of carbonyl (C=O) groups excluding carboxylic acids is 2. The molecule has 0 atom stereocenters. The molecular formula is C23H22ClNO3S. The van der Waals surface area contributed by atoms with E-state index in [0.29, 0.717) is 15.6 Å². The number of nitrogens with one attached hydrogen (secondary N) is 1. The molecule has 0 aliphatic rings. The van der Waals surface area contributed by atoms with Crippen LogP contribution in [0.5, 0.6) is 0 Å². The van der Waals surface area contributed by atoms with Gasteiger partial charge in [-0.15, -0.1) is 11.3 Å². The second-order valence-corrected chi connectivity index (χ2v) is 8.04. The lowest BCUT2D eigenvalue weighted by Crippen LogP contribution is -2.16. The Bertz CT molecular complexity index is 1040. The summed E-state index contributed by atoms with van der Waals surface area (Å²) < 4.78 is 5.26. The molecule has 0 saturated heterocycles. The summed E-state index contributed by atoms with van der Waals surface area (Å²) in [6.45, 7) is 6.10. The third-order valence-electron chi connectivity index (χ3n) is 4.62. The van der Waals surface area contributed by atoms with Crippen molar-refractivity contribution in [2.75, 3.05) is 11.9 Å². The summed E-state index contributed by atoms with van der Waals surface area (Å²) in [7, 11) is 0. The highest BCUT2D eigenvalue weighted by Crippen LogP contribution is 2.37. The van der Waals surface area contributed by atoms with Gasteiger partial charge in [0.2, 0.25) is 5.91 Å². The van der Waals surface area contributed by atoms with Crippen molar-refractivity contribution in [3.63, 3.8) is 0 Å². The van der Waals surface area contributed by atoms with Crippen molar-refractivity contribution in [2.24, 2.45) is 0 Å². The first-order valence-corrected chi connectivity index (χ1v) is 10.5. The SMILES string of the molecule is CCOC(=O)c1c(-c2ccc(C)c(C)c2)csc1NC(=O)Cc1ccc(Cl)cc1. The minimum Gasteiger partial charge on any atom is -0.462 e. The van der Waals surface area contributed by atoms with Gasteiger partial charge in [-0.3, -0.25) is 4.79 Å². The van der Waals surface area contributed by atoms with Gasteiger partial charge in [0.05, 0.1) is 13.0 Å². The number of thiophene rings is 1. The number of esters is 1. The van der Waals surface area contributed by atoms with Crippen LogP contribution in [0.15, 0.2) is 47.8 Å². The molecule has 0 spiro atoms. The maximum absolute atomic E-state index is 12.7. The number of hydrogen-bond donors (Lipinski definition) is 1. The molecular weight excluding hydrogens is 406 g/mol. The topological polar surface area (TPSA) is 55.4 Å². The number of halogens is 1. The van der Waals surface area contributed by atoms with Gasteiger partial charge in [0.1, 0.15) is 10.6 Å². The Morgan fingerprint density at radius 2 is 1.79 bits per heavy atom. The summed E-state index contributed by atoms with van der Waals surface area (Å²) in [5.74, 6) is -0.643. The number of benzene rings is 2. The van der Waals surface area contributed by atoms with E-state index in [9.17, 15) is 9.59 Å². The Balaban J connectivity index is 1.90. The number of rotatable bonds is 6. The minimum absolute atomic E-state index is 0.191. The van der Waals surface area contributed by atoms with Gasteiger partial charge in [0.15, 0.2) is 0 Å². The third kappa shape index (κ3) is 5.05. The maximum Gasteiger partial charge on any atom is 0.341 e. The van der Waals surface area contributed by atoms with E-state index < -0.39 is 5.97 Å². The highest BCUT2D eigenvalue weighted by atomic mass is 35.5. The van der Waals surface area contributed by atoms with Crippen LogP contribution in [0.25, 0.3) is 11.1 Å². The van der Waals surface area contributed by atoms with Crippen molar-refractivity contribution >= 4 is 39.8 Å². The molecule has 0 saturated carbocycles. The Morgan fingerprint density at radius 1 is 1.07 bits per heavy atom. The Labute approximate surface area is 179 Å². The Kier molecular flexibility index (Phi) is 6.72. The van der Waals surface area contributed by atoms with Gasteiger partial charge in [-0.1, -0.05) is 41.9 Å². The van der Waals surface area contributed by atoms with Crippen molar-refractivity contribution in [1.29, 1.82) is 0 Å². The van der Waals surface area contributed by atoms with E-state index in [-0.39, 0.29) is 18.9 Å². The van der Waals surface area contributed by atoms with Crippen LogP contribution in [-0.4, -0.2) is 18.5 Å². The summed E-state index contributed by atoms with van der Waals surface area (Å²) in [4.78, 5) is 25.2. The summed E-state index contributed by atoms with van der Waals surface area (Å²) >= 11 is 7.22. The normalized spacial score (nSPS) is 10.6. The molecule has 1 heterocycles. The first-order chi connectivity index (χ1) is 13.9.